The van der Waals surface area contributed by atoms with Crippen molar-refractivity contribution in [3.05, 3.63) is 27.1 Å². The number of pyridine rings is 1. The molecule has 2 heterocycles. The average molecular weight is 211 g/mol. The molecule has 0 saturated carbocycles. The largest absolute Gasteiger partial charge is 0.368 e. The summed E-state index contributed by atoms with van der Waals surface area (Å²) in [7, 11) is 0. The van der Waals surface area contributed by atoms with Gasteiger partial charge in [-0.1, -0.05) is 11.6 Å². The second kappa shape index (κ2) is 2.95. The number of aromatic nitrogens is 3. The van der Waals surface area contributed by atoms with E-state index in [0.29, 0.717) is 11.0 Å². The van der Waals surface area contributed by atoms with Crippen LogP contribution in [0.3, 0.4) is 0 Å². The molecule has 6 heteroatoms. The molecule has 3 N–H and O–H groups in total. The van der Waals surface area contributed by atoms with Gasteiger partial charge in [-0.3, -0.25) is 4.79 Å². The number of anilines is 1. The molecule has 14 heavy (non-hydrogen) atoms. The molecule has 0 atom stereocenters. The van der Waals surface area contributed by atoms with Crippen molar-refractivity contribution in [2.24, 2.45) is 0 Å². The average Bonchev–Trinajstić information content (AvgIpc) is 1.99. The van der Waals surface area contributed by atoms with E-state index in [4.69, 9.17) is 17.3 Å². The summed E-state index contributed by atoms with van der Waals surface area (Å²) >= 11 is 5.87. The van der Waals surface area contributed by atoms with Crippen LogP contribution in [0.5, 0.6) is 0 Å². The third kappa shape index (κ3) is 1.31. The number of H-pyrrole nitrogens is 1. The normalized spacial score (nSPS) is 10.7. The van der Waals surface area contributed by atoms with Crippen molar-refractivity contribution in [3.8, 4) is 0 Å². The number of aromatic amines is 1. The lowest BCUT2D eigenvalue weighted by Crippen LogP contribution is -2.08. The number of nitrogens with one attached hydrogen (secondary N) is 1. The molecule has 0 saturated heterocycles. The fraction of sp³-hybridized carbons (Fsp3) is 0.125. The minimum atomic E-state index is -0.232. The maximum Gasteiger partial charge on any atom is 0.249 e. The fourth-order valence-corrected chi connectivity index (χ4v) is 1.64. The second-order valence-corrected chi connectivity index (χ2v) is 3.27. The van der Waals surface area contributed by atoms with Crippen LogP contribution in [0.15, 0.2) is 10.9 Å². The number of nitrogens with two attached hydrogens (primary N) is 1. The van der Waals surface area contributed by atoms with Crippen LogP contribution in [0.4, 0.5) is 5.95 Å². The Hall–Kier alpha value is -1.62. The Labute approximate surface area is 83.9 Å². The molecule has 72 valence electrons. The van der Waals surface area contributed by atoms with Crippen molar-refractivity contribution in [1.29, 1.82) is 0 Å². The lowest BCUT2D eigenvalue weighted by molar-refractivity contribution is 1.16. The van der Waals surface area contributed by atoms with E-state index >= 15 is 0 Å². The van der Waals surface area contributed by atoms with E-state index in [1.807, 2.05) is 0 Å². The lowest BCUT2D eigenvalue weighted by atomic mass is 10.2. The van der Waals surface area contributed by atoms with E-state index in [0.717, 1.165) is 5.56 Å². The van der Waals surface area contributed by atoms with Gasteiger partial charge in [0.25, 0.3) is 0 Å². The predicted octanol–water partition coefficient (Wildman–Crippen LogP) is 0.862. The monoisotopic (exact) mass is 210 g/mol. The molecular formula is C8H7ClN4O. The van der Waals surface area contributed by atoms with Crippen molar-refractivity contribution >= 4 is 28.6 Å². The molecule has 0 bridgehead atoms. The second-order valence-electron chi connectivity index (χ2n) is 2.91. The van der Waals surface area contributed by atoms with Gasteiger partial charge in [-0.25, -0.2) is 4.98 Å². The summed E-state index contributed by atoms with van der Waals surface area (Å²) < 4.78 is 0. The van der Waals surface area contributed by atoms with E-state index in [-0.39, 0.29) is 16.7 Å². The topological polar surface area (TPSA) is 84.7 Å². The summed E-state index contributed by atoms with van der Waals surface area (Å²) in [5, 5.41) is 0.877. The molecule has 0 spiro atoms. The zero-order valence-corrected chi connectivity index (χ0v) is 8.09. The molecule has 0 aliphatic rings. The van der Waals surface area contributed by atoms with E-state index < -0.39 is 0 Å². The molecule has 2 aromatic rings. The fourth-order valence-electron chi connectivity index (χ4n) is 1.31. The smallest absolute Gasteiger partial charge is 0.249 e. The van der Waals surface area contributed by atoms with Crippen LogP contribution in [0.2, 0.25) is 5.15 Å². The van der Waals surface area contributed by atoms with Crippen LogP contribution < -0.4 is 11.3 Å². The third-order valence-electron chi connectivity index (χ3n) is 1.87. The molecule has 5 nitrogen and oxygen atoms in total. The van der Waals surface area contributed by atoms with E-state index in [1.165, 1.54) is 6.07 Å². The van der Waals surface area contributed by atoms with Gasteiger partial charge in [0.2, 0.25) is 11.5 Å². The van der Waals surface area contributed by atoms with E-state index in [9.17, 15) is 4.79 Å². The highest BCUT2D eigenvalue weighted by Crippen LogP contribution is 2.21. The summed E-state index contributed by atoms with van der Waals surface area (Å²) in [5.41, 5.74) is 6.26. The maximum absolute atomic E-state index is 11.1. The summed E-state index contributed by atoms with van der Waals surface area (Å²) in [6.07, 6.45) is 0. The molecule has 0 amide bonds. The first-order chi connectivity index (χ1) is 6.58. The molecule has 0 aliphatic heterocycles. The summed E-state index contributed by atoms with van der Waals surface area (Å²) in [6, 6.07) is 1.44. The highest BCUT2D eigenvalue weighted by Gasteiger charge is 2.07. The van der Waals surface area contributed by atoms with Crippen LogP contribution in [0, 0.1) is 6.92 Å². The molecule has 0 radical (unpaired) electrons. The van der Waals surface area contributed by atoms with E-state index in [1.54, 1.807) is 6.92 Å². The Morgan fingerprint density at radius 3 is 2.93 bits per heavy atom. The van der Waals surface area contributed by atoms with Gasteiger partial charge < -0.3 is 10.7 Å². The zero-order chi connectivity index (χ0) is 10.3. The van der Waals surface area contributed by atoms with Crippen LogP contribution in [-0.4, -0.2) is 15.0 Å². The van der Waals surface area contributed by atoms with Gasteiger partial charge in [0.1, 0.15) is 10.8 Å². The van der Waals surface area contributed by atoms with Crippen molar-refractivity contribution in [3.63, 3.8) is 0 Å². The molecule has 0 fully saturated rings. The maximum atomic E-state index is 11.1. The SMILES string of the molecule is Cc1cc(=O)[nH]c2nc(N)nc(Cl)c12. The zero-order valence-electron chi connectivity index (χ0n) is 7.34. The van der Waals surface area contributed by atoms with Crippen molar-refractivity contribution in [2.75, 3.05) is 5.73 Å². The molecule has 0 aromatic carbocycles. The molecular weight excluding hydrogens is 204 g/mol. The van der Waals surface area contributed by atoms with Gasteiger partial charge in [0, 0.05) is 6.07 Å². The Balaban J connectivity index is 3.01. The third-order valence-corrected chi connectivity index (χ3v) is 2.14. The van der Waals surface area contributed by atoms with Crippen molar-refractivity contribution in [2.45, 2.75) is 6.92 Å². The summed E-state index contributed by atoms with van der Waals surface area (Å²) in [4.78, 5) is 21.4. The first kappa shape index (κ1) is 8.96. The summed E-state index contributed by atoms with van der Waals surface area (Å²) in [5.74, 6) is 0.0451. The van der Waals surface area contributed by atoms with Gasteiger partial charge in [-0.2, -0.15) is 4.98 Å². The highest BCUT2D eigenvalue weighted by molar-refractivity contribution is 6.34. The summed E-state index contributed by atoms with van der Waals surface area (Å²) in [6.45, 7) is 1.77. The van der Waals surface area contributed by atoms with Crippen molar-refractivity contribution in [1.82, 2.24) is 15.0 Å². The molecule has 0 aliphatic carbocycles. The minimum Gasteiger partial charge on any atom is -0.368 e. The number of halogens is 1. The Bertz CT molecular complexity index is 563. The Morgan fingerprint density at radius 2 is 2.21 bits per heavy atom. The molecule has 2 aromatic heterocycles. The predicted molar refractivity (Wildman–Crippen MR) is 54.3 cm³/mol. The first-order valence-corrected chi connectivity index (χ1v) is 4.28. The number of aryl methyl sites for hydroxylation is 1. The number of nitrogens with zero attached hydrogens (tertiary/aromatic N) is 2. The number of hydrogen-bond donors (Lipinski definition) is 2. The highest BCUT2D eigenvalue weighted by atomic mass is 35.5. The van der Waals surface area contributed by atoms with Gasteiger partial charge in [-0.15, -0.1) is 0 Å². The number of fused-ring (bicyclic) bond motifs is 1. The number of rotatable bonds is 0. The van der Waals surface area contributed by atoms with Crippen LogP contribution in [0.1, 0.15) is 5.56 Å². The lowest BCUT2D eigenvalue weighted by Gasteiger charge is -2.02. The number of nitrogen functional groups attached to an aromatic ring is 1. The molecule has 0 unspecified atom stereocenters. The minimum absolute atomic E-state index is 0.0451. The molecule has 2 rings (SSSR count). The van der Waals surface area contributed by atoms with Crippen LogP contribution in [-0.2, 0) is 0 Å². The van der Waals surface area contributed by atoms with Gasteiger partial charge in [0.05, 0.1) is 5.39 Å². The number of hydrogen-bond acceptors (Lipinski definition) is 4. The van der Waals surface area contributed by atoms with Gasteiger partial charge >= 0.3 is 0 Å². The van der Waals surface area contributed by atoms with Gasteiger partial charge in [0.15, 0.2) is 0 Å². The van der Waals surface area contributed by atoms with Crippen LogP contribution in [0.25, 0.3) is 11.0 Å². The quantitative estimate of drug-likeness (QED) is 0.632. The van der Waals surface area contributed by atoms with Gasteiger partial charge in [-0.05, 0) is 12.5 Å². The Morgan fingerprint density at radius 1 is 1.50 bits per heavy atom. The first-order valence-electron chi connectivity index (χ1n) is 3.90. The Kier molecular flexibility index (Phi) is 1.89. The standard InChI is InChI=1S/C8H7ClN4O/c1-3-2-4(14)11-7-5(3)6(9)12-8(10)13-7/h2H,1H3,(H3,10,11,12,13,14). The van der Waals surface area contributed by atoms with Crippen LogP contribution >= 0.6 is 11.6 Å². The van der Waals surface area contributed by atoms with E-state index in [2.05, 4.69) is 15.0 Å². The van der Waals surface area contributed by atoms with Crippen molar-refractivity contribution < 1.29 is 0 Å².